The summed E-state index contributed by atoms with van der Waals surface area (Å²) >= 11 is 0. The van der Waals surface area contributed by atoms with Crippen molar-refractivity contribution in [3.63, 3.8) is 0 Å². The lowest BCUT2D eigenvalue weighted by Gasteiger charge is -2.09. The van der Waals surface area contributed by atoms with E-state index in [1.807, 2.05) is 0 Å². The molecule has 0 radical (unpaired) electrons. The lowest BCUT2D eigenvalue weighted by molar-refractivity contribution is -0.137. The summed E-state index contributed by atoms with van der Waals surface area (Å²) in [6.45, 7) is 0. The molecule has 0 aromatic heterocycles. The third-order valence-corrected chi connectivity index (χ3v) is 3.27. The van der Waals surface area contributed by atoms with Gasteiger partial charge in [0.15, 0.2) is 11.5 Å². The molecule has 9 heteroatoms. The Morgan fingerprint density at radius 1 is 1.08 bits per heavy atom. The normalized spacial score (nSPS) is 11.5. The number of nitrogens with one attached hydrogen (secondary N) is 1. The van der Waals surface area contributed by atoms with E-state index in [1.54, 1.807) is 0 Å². The van der Waals surface area contributed by atoms with Gasteiger partial charge in [-0.15, -0.1) is 0 Å². The van der Waals surface area contributed by atoms with Crippen molar-refractivity contribution in [2.45, 2.75) is 6.18 Å². The number of benzene rings is 2. The Labute approximate surface area is 146 Å². The molecule has 2 aromatic carbocycles. The molecule has 1 amide bonds. The van der Waals surface area contributed by atoms with Crippen LogP contribution in [-0.4, -0.2) is 26.3 Å². The van der Waals surface area contributed by atoms with Gasteiger partial charge < -0.3 is 9.47 Å². The Balaban J connectivity index is 2.13. The van der Waals surface area contributed by atoms with Gasteiger partial charge >= 0.3 is 6.18 Å². The number of hydrogen-bond donors (Lipinski definition) is 1. The van der Waals surface area contributed by atoms with Crippen molar-refractivity contribution >= 4 is 12.1 Å². The van der Waals surface area contributed by atoms with Gasteiger partial charge in [-0.25, -0.2) is 9.82 Å². The first-order chi connectivity index (χ1) is 12.2. The maximum absolute atomic E-state index is 13.3. The first kappa shape index (κ1) is 19.2. The van der Waals surface area contributed by atoms with Crippen LogP contribution in [0.15, 0.2) is 41.5 Å². The van der Waals surface area contributed by atoms with E-state index in [9.17, 15) is 22.4 Å². The maximum Gasteiger partial charge on any atom is 0.416 e. The van der Waals surface area contributed by atoms with Crippen LogP contribution in [-0.2, 0) is 6.18 Å². The maximum atomic E-state index is 13.3. The molecular weight excluding hydrogens is 356 g/mol. The SMILES string of the molecule is COc1ccc(C(=O)N/N=C/c2cc(F)cc(C(F)(F)F)c2)cc1OC. The van der Waals surface area contributed by atoms with Crippen LogP contribution in [0.5, 0.6) is 11.5 Å². The van der Waals surface area contributed by atoms with E-state index in [2.05, 4.69) is 10.5 Å². The third-order valence-electron chi connectivity index (χ3n) is 3.27. The fraction of sp³-hybridized carbons (Fsp3) is 0.176. The Hall–Kier alpha value is -3.10. The van der Waals surface area contributed by atoms with Gasteiger partial charge in [0.2, 0.25) is 0 Å². The molecular formula is C17H14F4N2O3. The van der Waals surface area contributed by atoms with Crippen molar-refractivity contribution in [2.24, 2.45) is 5.10 Å². The lowest BCUT2D eigenvalue weighted by Crippen LogP contribution is -2.17. The average molecular weight is 370 g/mol. The average Bonchev–Trinajstić information content (AvgIpc) is 2.59. The monoisotopic (exact) mass is 370 g/mol. The topological polar surface area (TPSA) is 59.9 Å². The number of carbonyl (C=O) groups excluding carboxylic acids is 1. The molecule has 2 aromatic rings. The highest BCUT2D eigenvalue weighted by atomic mass is 19.4. The van der Waals surface area contributed by atoms with E-state index in [4.69, 9.17) is 9.47 Å². The summed E-state index contributed by atoms with van der Waals surface area (Å²) in [5, 5.41) is 3.55. The highest BCUT2D eigenvalue weighted by Gasteiger charge is 2.31. The summed E-state index contributed by atoms with van der Waals surface area (Å²) in [5.41, 5.74) is 1.04. The van der Waals surface area contributed by atoms with Crippen LogP contribution in [0.3, 0.4) is 0 Å². The number of ether oxygens (including phenoxy) is 2. The number of hydrogen-bond acceptors (Lipinski definition) is 4. The number of methoxy groups -OCH3 is 2. The molecule has 0 fully saturated rings. The minimum atomic E-state index is -4.69. The molecule has 0 bridgehead atoms. The highest BCUT2D eigenvalue weighted by Crippen LogP contribution is 2.30. The van der Waals surface area contributed by atoms with Gasteiger partial charge in [-0.05, 0) is 42.0 Å². The number of hydrazone groups is 1. The Morgan fingerprint density at radius 3 is 2.38 bits per heavy atom. The molecule has 0 saturated carbocycles. The third kappa shape index (κ3) is 4.71. The summed E-state index contributed by atoms with van der Waals surface area (Å²) < 4.78 is 61.4. The molecule has 0 aliphatic carbocycles. The minimum Gasteiger partial charge on any atom is -0.493 e. The van der Waals surface area contributed by atoms with Gasteiger partial charge in [0, 0.05) is 5.56 Å². The fourth-order valence-electron chi connectivity index (χ4n) is 2.06. The molecule has 138 valence electrons. The molecule has 0 spiro atoms. The molecule has 0 aliphatic rings. The molecule has 0 atom stereocenters. The standard InChI is InChI=1S/C17H14F4N2O3/c1-25-14-4-3-11(7-15(14)26-2)16(24)23-22-9-10-5-12(17(19,20)21)8-13(18)6-10/h3-9H,1-2H3,(H,23,24)/b22-9+. The summed E-state index contributed by atoms with van der Waals surface area (Å²) in [6.07, 6.45) is -3.77. The van der Waals surface area contributed by atoms with Crippen molar-refractivity contribution in [2.75, 3.05) is 14.2 Å². The fourth-order valence-corrected chi connectivity index (χ4v) is 2.06. The van der Waals surface area contributed by atoms with Crippen LogP contribution >= 0.6 is 0 Å². The van der Waals surface area contributed by atoms with Gasteiger partial charge in [0.25, 0.3) is 5.91 Å². The van der Waals surface area contributed by atoms with Crippen LogP contribution in [0, 0.1) is 5.82 Å². The molecule has 0 saturated heterocycles. The number of nitrogens with zero attached hydrogens (tertiary/aromatic N) is 1. The van der Waals surface area contributed by atoms with Crippen molar-refractivity contribution < 1.29 is 31.8 Å². The van der Waals surface area contributed by atoms with Crippen molar-refractivity contribution in [1.29, 1.82) is 0 Å². The predicted molar refractivity (Wildman–Crippen MR) is 86.0 cm³/mol. The second-order valence-corrected chi connectivity index (χ2v) is 5.04. The van der Waals surface area contributed by atoms with E-state index in [0.29, 0.717) is 17.6 Å². The van der Waals surface area contributed by atoms with Gasteiger partial charge in [-0.2, -0.15) is 18.3 Å². The Kier molecular flexibility index (Phi) is 5.81. The number of halogens is 4. The molecule has 1 N–H and O–H groups in total. The van der Waals surface area contributed by atoms with Crippen LogP contribution in [0.2, 0.25) is 0 Å². The van der Waals surface area contributed by atoms with Gasteiger partial charge in [-0.1, -0.05) is 0 Å². The number of rotatable bonds is 5. The number of alkyl halides is 3. The Morgan fingerprint density at radius 2 is 1.77 bits per heavy atom. The minimum absolute atomic E-state index is 0.148. The zero-order valence-electron chi connectivity index (χ0n) is 13.7. The quantitative estimate of drug-likeness (QED) is 0.497. The first-order valence-corrected chi connectivity index (χ1v) is 7.18. The van der Waals surface area contributed by atoms with E-state index in [-0.39, 0.29) is 11.1 Å². The number of amides is 1. The Bertz CT molecular complexity index is 835. The van der Waals surface area contributed by atoms with E-state index in [0.717, 1.165) is 18.3 Å². The van der Waals surface area contributed by atoms with Crippen molar-refractivity contribution in [1.82, 2.24) is 5.43 Å². The van der Waals surface area contributed by atoms with E-state index >= 15 is 0 Å². The zero-order valence-corrected chi connectivity index (χ0v) is 13.7. The predicted octanol–water partition coefficient (Wildman–Crippen LogP) is 3.63. The molecule has 0 aliphatic heterocycles. The molecule has 2 rings (SSSR count). The lowest BCUT2D eigenvalue weighted by atomic mass is 10.1. The zero-order chi connectivity index (χ0) is 19.3. The summed E-state index contributed by atoms with van der Waals surface area (Å²) in [5.74, 6) is -0.946. The molecule has 0 unspecified atom stereocenters. The summed E-state index contributed by atoms with van der Waals surface area (Å²) in [6, 6.07) is 6.33. The second-order valence-electron chi connectivity index (χ2n) is 5.04. The van der Waals surface area contributed by atoms with E-state index in [1.165, 1.54) is 32.4 Å². The van der Waals surface area contributed by atoms with Crippen LogP contribution < -0.4 is 14.9 Å². The summed E-state index contributed by atoms with van der Waals surface area (Å²) in [4.78, 5) is 12.0. The van der Waals surface area contributed by atoms with Gasteiger partial charge in [0.1, 0.15) is 5.82 Å². The van der Waals surface area contributed by atoms with Crippen LogP contribution in [0.1, 0.15) is 21.5 Å². The second kappa shape index (κ2) is 7.85. The van der Waals surface area contributed by atoms with Crippen molar-refractivity contribution in [3.05, 3.63) is 58.9 Å². The molecule has 0 heterocycles. The largest absolute Gasteiger partial charge is 0.493 e. The summed E-state index contributed by atoms with van der Waals surface area (Å²) in [7, 11) is 2.84. The molecule has 5 nitrogen and oxygen atoms in total. The first-order valence-electron chi connectivity index (χ1n) is 7.18. The van der Waals surface area contributed by atoms with E-state index < -0.39 is 23.5 Å². The van der Waals surface area contributed by atoms with Gasteiger partial charge in [0.05, 0.1) is 26.0 Å². The van der Waals surface area contributed by atoms with Crippen LogP contribution in [0.25, 0.3) is 0 Å². The van der Waals surface area contributed by atoms with Crippen molar-refractivity contribution in [3.8, 4) is 11.5 Å². The highest BCUT2D eigenvalue weighted by molar-refractivity contribution is 5.95. The van der Waals surface area contributed by atoms with Crippen LogP contribution in [0.4, 0.5) is 17.6 Å². The molecule has 26 heavy (non-hydrogen) atoms. The smallest absolute Gasteiger partial charge is 0.416 e. The van der Waals surface area contributed by atoms with Gasteiger partial charge in [-0.3, -0.25) is 4.79 Å². The number of carbonyl (C=O) groups is 1.